The van der Waals surface area contributed by atoms with Crippen molar-refractivity contribution >= 4 is 11.7 Å². The highest BCUT2D eigenvalue weighted by Crippen LogP contribution is 2.19. The van der Waals surface area contributed by atoms with Gasteiger partial charge in [-0.15, -0.1) is 0 Å². The van der Waals surface area contributed by atoms with Crippen LogP contribution in [0.1, 0.15) is 32.1 Å². The van der Waals surface area contributed by atoms with Crippen LogP contribution in [0.4, 0.5) is 10.5 Å². The Balaban J connectivity index is 1.76. The number of nitrogens with one attached hydrogen (secondary N) is 1. The third-order valence-corrected chi connectivity index (χ3v) is 3.56. The Hall–Kier alpha value is -1.77. The lowest BCUT2D eigenvalue weighted by molar-refractivity contribution is 0.247. The summed E-state index contributed by atoms with van der Waals surface area (Å²) < 4.78 is 0. The van der Waals surface area contributed by atoms with Gasteiger partial charge in [0, 0.05) is 19.3 Å². The first kappa shape index (κ1) is 13.7. The summed E-state index contributed by atoms with van der Waals surface area (Å²) in [5, 5.41) is 2.97. The second kappa shape index (κ2) is 6.98. The van der Waals surface area contributed by atoms with E-state index in [2.05, 4.69) is 11.4 Å². The molecular weight excluding hydrogens is 236 g/mol. The maximum atomic E-state index is 12.0. The Labute approximate surface area is 115 Å². The second-order valence-corrected chi connectivity index (χ2v) is 4.98. The molecule has 0 radical (unpaired) electrons. The molecule has 0 aromatic heterocycles. The third kappa shape index (κ3) is 4.12. The van der Waals surface area contributed by atoms with Crippen LogP contribution < -0.4 is 10.2 Å². The fraction of sp³-hybridized carbons (Fsp3) is 0.438. The molecule has 2 amide bonds. The zero-order valence-corrected chi connectivity index (χ0v) is 11.6. The molecule has 3 nitrogen and oxygen atoms in total. The van der Waals surface area contributed by atoms with Gasteiger partial charge in [-0.2, -0.15) is 0 Å². The van der Waals surface area contributed by atoms with Crippen LogP contribution in [0.3, 0.4) is 0 Å². The second-order valence-electron chi connectivity index (χ2n) is 4.98. The van der Waals surface area contributed by atoms with Crippen molar-refractivity contribution < 1.29 is 4.79 Å². The number of para-hydroxylation sites is 1. The van der Waals surface area contributed by atoms with Crippen molar-refractivity contribution in [1.29, 1.82) is 0 Å². The predicted molar refractivity (Wildman–Crippen MR) is 79.4 cm³/mol. The summed E-state index contributed by atoms with van der Waals surface area (Å²) in [5.41, 5.74) is 2.41. The molecule has 0 bridgehead atoms. The monoisotopic (exact) mass is 258 g/mol. The van der Waals surface area contributed by atoms with Gasteiger partial charge in [-0.05, 0) is 44.2 Å². The van der Waals surface area contributed by atoms with Gasteiger partial charge in [0.05, 0.1) is 0 Å². The highest BCUT2D eigenvalue weighted by molar-refractivity contribution is 5.91. The first-order valence-electron chi connectivity index (χ1n) is 7.02. The lowest BCUT2D eigenvalue weighted by Crippen LogP contribution is -2.37. The van der Waals surface area contributed by atoms with E-state index < -0.39 is 0 Å². The normalized spacial score (nSPS) is 14.7. The molecule has 1 aromatic carbocycles. The molecule has 0 fully saturated rings. The Morgan fingerprint density at radius 1 is 1.26 bits per heavy atom. The van der Waals surface area contributed by atoms with E-state index in [-0.39, 0.29) is 6.03 Å². The van der Waals surface area contributed by atoms with Crippen LogP contribution in [0.25, 0.3) is 0 Å². The van der Waals surface area contributed by atoms with Crippen LogP contribution in [0.5, 0.6) is 0 Å². The molecule has 0 saturated carbocycles. The standard InChI is InChI=1S/C16H22N2O/c1-18(15-10-6-3-7-11-15)16(19)17-13-12-14-8-4-2-5-9-14/h3,6-8,10-11H,2,4-5,9,12-13H2,1H3,(H,17,19). The van der Waals surface area contributed by atoms with Gasteiger partial charge in [-0.25, -0.2) is 4.79 Å². The Morgan fingerprint density at radius 3 is 2.74 bits per heavy atom. The molecule has 1 aliphatic carbocycles. The first-order chi connectivity index (χ1) is 9.27. The molecule has 102 valence electrons. The van der Waals surface area contributed by atoms with Gasteiger partial charge in [0.15, 0.2) is 0 Å². The molecule has 1 aromatic rings. The van der Waals surface area contributed by atoms with Gasteiger partial charge < -0.3 is 5.32 Å². The number of allylic oxidation sites excluding steroid dienone is 1. The number of carbonyl (C=O) groups is 1. The molecule has 3 heteroatoms. The van der Waals surface area contributed by atoms with Crippen molar-refractivity contribution in [3.63, 3.8) is 0 Å². The van der Waals surface area contributed by atoms with Gasteiger partial charge in [0.2, 0.25) is 0 Å². The number of nitrogens with zero attached hydrogens (tertiary/aromatic N) is 1. The van der Waals surface area contributed by atoms with E-state index in [1.807, 2.05) is 30.3 Å². The number of hydrogen-bond donors (Lipinski definition) is 1. The van der Waals surface area contributed by atoms with Crippen LogP contribution in [0, 0.1) is 0 Å². The van der Waals surface area contributed by atoms with E-state index in [4.69, 9.17) is 0 Å². The molecule has 2 rings (SSSR count). The van der Waals surface area contributed by atoms with Gasteiger partial charge in [0.1, 0.15) is 0 Å². The summed E-state index contributed by atoms with van der Waals surface area (Å²) in [4.78, 5) is 13.6. The molecule has 0 atom stereocenters. The Kier molecular flexibility index (Phi) is 5.01. The summed E-state index contributed by atoms with van der Waals surface area (Å²) in [6.45, 7) is 0.724. The molecule has 0 unspecified atom stereocenters. The zero-order valence-electron chi connectivity index (χ0n) is 11.6. The molecular formula is C16H22N2O. The largest absolute Gasteiger partial charge is 0.337 e. The minimum Gasteiger partial charge on any atom is -0.337 e. The fourth-order valence-corrected chi connectivity index (χ4v) is 2.35. The lowest BCUT2D eigenvalue weighted by atomic mass is 9.97. The molecule has 0 heterocycles. The van der Waals surface area contributed by atoms with E-state index >= 15 is 0 Å². The van der Waals surface area contributed by atoms with Crippen molar-refractivity contribution in [3.8, 4) is 0 Å². The van der Waals surface area contributed by atoms with Crippen molar-refractivity contribution in [2.24, 2.45) is 0 Å². The maximum absolute atomic E-state index is 12.0. The molecule has 0 saturated heterocycles. The summed E-state index contributed by atoms with van der Waals surface area (Å²) in [6, 6.07) is 9.65. The first-order valence-corrected chi connectivity index (χ1v) is 7.02. The minimum atomic E-state index is -0.0393. The van der Waals surface area contributed by atoms with Gasteiger partial charge in [-0.3, -0.25) is 4.90 Å². The van der Waals surface area contributed by atoms with Crippen LogP contribution in [0.15, 0.2) is 42.0 Å². The van der Waals surface area contributed by atoms with Crippen molar-refractivity contribution in [1.82, 2.24) is 5.32 Å². The number of amides is 2. The Morgan fingerprint density at radius 2 is 2.05 bits per heavy atom. The molecule has 0 spiro atoms. The van der Waals surface area contributed by atoms with E-state index in [1.165, 1.54) is 31.3 Å². The van der Waals surface area contributed by atoms with Gasteiger partial charge in [-0.1, -0.05) is 29.8 Å². The highest BCUT2D eigenvalue weighted by Gasteiger charge is 2.10. The fourth-order valence-electron chi connectivity index (χ4n) is 2.35. The number of anilines is 1. The van der Waals surface area contributed by atoms with Crippen molar-refractivity contribution in [2.45, 2.75) is 32.1 Å². The van der Waals surface area contributed by atoms with Crippen molar-refractivity contribution in [2.75, 3.05) is 18.5 Å². The van der Waals surface area contributed by atoms with Crippen LogP contribution >= 0.6 is 0 Å². The quantitative estimate of drug-likeness (QED) is 0.820. The number of hydrogen-bond acceptors (Lipinski definition) is 1. The van der Waals surface area contributed by atoms with Crippen molar-refractivity contribution in [3.05, 3.63) is 42.0 Å². The average molecular weight is 258 g/mol. The summed E-state index contributed by atoms with van der Waals surface area (Å²) >= 11 is 0. The number of urea groups is 1. The predicted octanol–water partition coefficient (Wildman–Crippen LogP) is 3.72. The molecule has 0 aliphatic heterocycles. The topological polar surface area (TPSA) is 32.3 Å². The third-order valence-electron chi connectivity index (χ3n) is 3.56. The molecule has 19 heavy (non-hydrogen) atoms. The van der Waals surface area contributed by atoms with Gasteiger partial charge in [0.25, 0.3) is 0 Å². The summed E-state index contributed by atoms with van der Waals surface area (Å²) in [6.07, 6.45) is 8.32. The summed E-state index contributed by atoms with van der Waals surface area (Å²) in [7, 11) is 1.80. The van der Waals surface area contributed by atoms with Crippen LogP contribution in [0.2, 0.25) is 0 Å². The molecule has 1 aliphatic rings. The lowest BCUT2D eigenvalue weighted by Gasteiger charge is -2.19. The number of carbonyl (C=O) groups excluding carboxylic acids is 1. The number of benzene rings is 1. The minimum absolute atomic E-state index is 0.0393. The van der Waals surface area contributed by atoms with E-state index in [0.29, 0.717) is 0 Å². The number of rotatable bonds is 4. The van der Waals surface area contributed by atoms with Crippen LogP contribution in [-0.2, 0) is 0 Å². The summed E-state index contributed by atoms with van der Waals surface area (Å²) in [5.74, 6) is 0. The maximum Gasteiger partial charge on any atom is 0.321 e. The van der Waals surface area contributed by atoms with Crippen LogP contribution in [-0.4, -0.2) is 19.6 Å². The zero-order chi connectivity index (χ0) is 13.5. The van der Waals surface area contributed by atoms with E-state index in [1.54, 1.807) is 11.9 Å². The smallest absolute Gasteiger partial charge is 0.321 e. The molecule has 1 N–H and O–H groups in total. The Bertz CT molecular complexity index is 439. The highest BCUT2D eigenvalue weighted by atomic mass is 16.2. The van der Waals surface area contributed by atoms with E-state index in [9.17, 15) is 4.79 Å². The van der Waals surface area contributed by atoms with Gasteiger partial charge >= 0.3 is 6.03 Å². The average Bonchev–Trinajstić information content (AvgIpc) is 2.48. The SMILES string of the molecule is CN(C(=O)NCCC1=CCCCC1)c1ccccc1. The van der Waals surface area contributed by atoms with E-state index in [0.717, 1.165) is 18.7 Å².